The number of carbonyl (C=O) groups excluding carboxylic acids is 2. The average Bonchev–Trinajstić information content (AvgIpc) is 3.33. The fraction of sp³-hybridized carbons (Fsp3) is 0.231. The average molecular weight is 520 g/mol. The molecule has 34 heavy (non-hydrogen) atoms. The molecule has 0 bridgehead atoms. The minimum absolute atomic E-state index is 0.0319. The lowest BCUT2D eigenvalue weighted by atomic mass is 10.0. The summed E-state index contributed by atoms with van der Waals surface area (Å²) < 4.78 is 12.9. The van der Waals surface area contributed by atoms with E-state index in [4.69, 9.17) is 34.8 Å². The maximum absolute atomic E-state index is 14.1. The summed E-state index contributed by atoms with van der Waals surface area (Å²) in [5, 5.41) is 5.44. The van der Waals surface area contributed by atoms with Gasteiger partial charge in [0.2, 0.25) is 5.91 Å². The lowest BCUT2D eigenvalue weighted by Crippen LogP contribution is -2.18. The topological polar surface area (TPSA) is 58.2 Å². The number of nitrogens with one attached hydrogen (secondary N) is 2. The van der Waals surface area contributed by atoms with E-state index in [1.54, 1.807) is 19.1 Å². The number of carbonyl (C=O) groups is 2. The van der Waals surface area contributed by atoms with Crippen LogP contribution in [0.3, 0.4) is 0 Å². The van der Waals surface area contributed by atoms with E-state index in [-0.39, 0.29) is 28.1 Å². The molecule has 0 aliphatic heterocycles. The number of hydrogen-bond acceptors (Lipinski definition) is 2. The first kappa shape index (κ1) is 24.5. The molecule has 1 aliphatic carbocycles. The van der Waals surface area contributed by atoms with Crippen molar-refractivity contribution in [3.05, 3.63) is 93.3 Å². The molecule has 0 spiro atoms. The monoisotopic (exact) mass is 518 g/mol. The molecule has 0 aromatic heterocycles. The van der Waals surface area contributed by atoms with Crippen LogP contribution in [0.15, 0.2) is 54.6 Å². The minimum atomic E-state index is -1.24. The molecule has 1 saturated carbocycles. The molecule has 0 radical (unpaired) electrons. The lowest BCUT2D eigenvalue weighted by molar-refractivity contribution is -0.117. The number of rotatable bonds is 5. The Morgan fingerprint density at radius 3 is 2.21 bits per heavy atom. The van der Waals surface area contributed by atoms with Gasteiger partial charge in [-0.3, -0.25) is 9.59 Å². The van der Waals surface area contributed by atoms with Crippen molar-refractivity contribution in [1.82, 2.24) is 0 Å². The van der Waals surface area contributed by atoms with E-state index < -0.39 is 22.0 Å². The molecule has 1 aliphatic rings. The highest BCUT2D eigenvalue weighted by Crippen LogP contribution is 2.65. The third-order valence-electron chi connectivity index (χ3n) is 5.79. The molecule has 176 valence electrons. The number of benzene rings is 3. The summed E-state index contributed by atoms with van der Waals surface area (Å²) in [5.41, 5.74) is 4.21. The van der Waals surface area contributed by atoms with Crippen LogP contribution in [-0.2, 0) is 4.79 Å². The summed E-state index contributed by atoms with van der Waals surface area (Å²) in [6.07, 6.45) is 0. The minimum Gasteiger partial charge on any atom is -0.326 e. The molecule has 3 aromatic carbocycles. The van der Waals surface area contributed by atoms with Crippen molar-refractivity contribution in [1.29, 1.82) is 0 Å². The predicted octanol–water partition coefficient (Wildman–Crippen LogP) is 7.18. The molecular formula is C26H22Cl3FN2O2. The van der Waals surface area contributed by atoms with Crippen LogP contribution < -0.4 is 10.6 Å². The molecule has 2 N–H and O–H groups in total. The number of aryl methyl sites for hydroxylation is 3. The Morgan fingerprint density at radius 2 is 1.56 bits per heavy atom. The van der Waals surface area contributed by atoms with Crippen LogP contribution >= 0.6 is 34.8 Å². The van der Waals surface area contributed by atoms with Crippen molar-refractivity contribution >= 4 is 58.0 Å². The maximum atomic E-state index is 14.1. The zero-order valence-electron chi connectivity index (χ0n) is 18.7. The third kappa shape index (κ3) is 4.92. The highest BCUT2D eigenvalue weighted by atomic mass is 35.5. The van der Waals surface area contributed by atoms with Gasteiger partial charge in [0.25, 0.3) is 5.91 Å². The van der Waals surface area contributed by atoms with Gasteiger partial charge in [0.15, 0.2) is 0 Å². The number of amides is 2. The highest BCUT2D eigenvalue weighted by Gasteiger charge is 2.67. The van der Waals surface area contributed by atoms with Gasteiger partial charge >= 0.3 is 0 Å². The van der Waals surface area contributed by atoms with Crippen LogP contribution in [0.5, 0.6) is 0 Å². The Hall–Kier alpha value is -2.60. The summed E-state index contributed by atoms with van der Waals surface area (Å²) in [5.74, 6) is -2.54. The van der Waals surface area contributed by atoms with Crippen molar-refractivity contribution < 1.29 is 14.0 Å². The van der Waals surface area contributed by atoms with E-state index >= 15 is 0 Å². The maximum Gasteiger partial charge on any atom is 0.257 e. The largest absolute Gasteiger partial charge is 0.326 e. The van der Waals surface area contributed by atoms with Crippen LogP contribution in [0.25, 0.3) is 0 Å². The summed E-state index contributed by atoms with van der Waals surface area (Å²) in [4.78, 5) is 25.8. The quantitative estimate of drug-likeness (QED) is 0.351. The normalized spacial score (nSPS) is 18.3. The molecule has 2 atom stereocenters. The fourth-order valence-corrected chi connectivity index (χ4v) is 5.20. The van der Waals surface area contributed by atoms with Crippen LogP contribution in [0.4, 0.5) is 15.8 Å². The van der Waals surface area contributed by atoms with E-state index in [9.17, 15) is 14.0 Å². The molecule has 0 saturated heterocycles. The van der Waals surface area contributed by atoms with E-state index in [0.29, 0.717) is 5.69 Å². The molecule has 8 heteroatoms. The van der Waals surface area contributed by atoms with Crippen LogP contribution in [0.1, 0.15) is 38.5 Å². The van der Waals surface area contributed by atoms with E-state index in [2.05, 4.69) is 10.6 Å². The van der Waals surface area contributed by atoms with Gasteiger partial charge in [-0.05, 0) is 62.2 Å². The van der Waals surface area contributed by atoms with Gasteiger partial charge in [-0.25, -0.2) is 4.39 Å². The van der Waals surface area contributed by atoms with Gasteiger partial charge in [0, 0.05) is 11.6 Å². The van der Waals surface area contributed by atoms with Crippen LogP contribution in [0.2, 0.25) is 5.02 Å². The van der Waals surface area contributed by atoms with Crippen molar-refractivity contribution in [3.8, 4) is 0 Å². The highest BCUT2D eigenvalue weighted by molar-refractivity contribution is 6.53. The van der Waals surface area contributed by atoms with E-state index in [0.717, 1.165) is 22.3 Å². The molecule has 4 rings (SSSR count). The van der Waals surface area contributed by atoms with Gasteiger partial charge in [-0.2, -0.15) is 0 Å². The number of alkyl halides is 2. The number of halogens is 4. The van der Waals surface area contributed by atoms with Crippen molar-refractivity contribution in [2.24, 2.45) is 5.92 Å². The Morgan fingerprint density at radius 1 is 0.882 bits per heavy atom. The fourth-order valence-electron chi connectivity index (χ4n) is 4.17. The molecule has 0 heterocycles. The zero-order chi connectivity index (χ0) is 24.8. The summed E-state index contributed by atoms with van der Waals surface area (Å²) in [6, 6.07) is 14.9. The van der Waals surface area contributed by atoms with Crippen molar-refractivity contribution in [3.63, 3.8) is 0 Å². The Bertz CT molecular complexity index is 1290. The third-order valence-corrected chi connectivity index (χ3v) is 7.06. The molecule has 1 fully saturated rings. The second kappa shape index (κ2) is 9.21. The van der Waals surface area contributed by atoms with Gasteiger partial charge in [0.1, 0.15) is 10.2 Å². The van der Waals surface area contributed by atoms with Gasteiger partial charge < -0.3 is 10.6 Å². The summed E-state index contributed by atoms with van der Waals surface area (Å²) in [6.45, 7) is 5.69. The predicted molar refractivity (Wildman–Crippen MR) is 136 cm³/mol. The molecule has 3 aromatic rings. The smallest absolute Gasteiger partial charge is 0.257 e. The first-order valence-electron chi connectivity index (χ1n) is 10.6. The van der Waals surface area contributed by atoms with E-state index in [1.807, 2.05) is 32.0 Å². The van der Waals surface area contributed by atoms with Gasteiger partial charge in [0.05, 0.1) is 22.2 Å². The van der Waals surface area contributed by atoms with Gasteiger partial charge in [-0.15, -0.1) is 23.2 Å². The molecule has 2 amide bonds. The second-order valence-electron chi connectivity index (χ2n) is 8.67. The number of hydrogen-bond donors (Lipinski definition) is 2. The summed E-state index contributed by atoms with van der Waals surface area (Å²) in [7, 11) is 0. The first-order chi connectivity index (χ1) is 16.0. The van der Waals surface area contributed by atoms with E-state index in [1.165, 1.54) is 24.3 Å². The molecule has 4 nitrogen and oxygen atoms in total. The lowest BCUT2D eigenvalue weighted by Gasteiger charge is -2.11. The Labute approximate surface area is 212 Å². The second-order valence-corrected chi connectivity index (χ2v) is 10.5. The van der Waals surface area contributed by atoms with Gasteiger partial charge in [-0.1, -0.05) is 47.0 Å². The Kier molecular flexibility index (Phi) is 6.65. The summed E-state index contributed by atoms with van der Waals surface area (Å²) >= 11 is 19.2. The molecule has 2 unspecified atom stereocenters. The van der Waals surface area contributed by atoms with Crippen molar-refractivity contribution in [2.45, 2.75) is 31.0 Å². The first-order valence-corrected chi connectivity index (χ1v) is 11.7. The SMILES string of the molecule is Cc1cc(C)cc(C2C(C(=O)Nc3ccc(Cl)c(C(=O)Nc4ccc(C)cc4F)c3)C2(Cl)Cl)c1. The molecular weight excluding hydrogens is 498 g/mol. The van der Waals surface area contributed by atoms with Crippen LogP contribution in [-0.4, -0.2) is 16.1 Å². The Balaban J connectivity index is 1.52. The standard InChI is InChI=1S/C26H22Cl3FN2O2/c1-13-4-7-21(20(30)11-13)32-24(33)18-12-17(5-6-19(18)27)31-25(34)23-22(26(23,28)29)16-9-14(2)8-15(3)10-16/h4-12,22-23H,1-3H3,(H,31,34)(H,32,33). The van der Waals surface area contributed by atoms with Crippen molar-refractivity contribution in [2.75, 3.05) is 10.6 Å². The van der Waals surface area contributed by atoms with Crippen LogP contribution in [0, 0.1) is 32.5 Å². The zero-order valence-corrected chi connectivity index (χ0v) is 20.9. The number of anilines is 2.